The Kier molecular flexibility index (Phi) is 2.90. The number of hydrogen-bond acceptors (Lipinski definition) is 3. The number of pyridine rings is 1. The van der Waals surface area contributed by atoms with Gasteiger partial charge in [0.2, 0.25) is 11.8 Å². The summed E-state index contributed by atoms with van der Waals surface area (Å²) in [7, 11) is 3.16. The molecule has 0 saturated heterocycles. The van der Waals surface area contributed by atoms with Crippen LogP contribution in [0.4, 0.5) is 0 Å². The summed E-state index contributed by atoms with van der Waals surface area (Å²) in [5.74, 6) is 1.10. The van der Waals surface area contributed by atoms with E-state index >= 15 is 0 Å². The second-order valence-electron chi connectivity index (χ2n) is 2.61. The Morgan fingerprint density at radius 3 is 2.54 bits per heavy atom. The Morgan fingerprint density at radius 1 is 1.38 bits per heavy atom. The summed E-state index contributed by atoms with van der Waals surface area (Å²) in [6.45, 7) is 5.66. The van der Waals surface area contributed by atoms with Gasteiger partial charge in [-0.15, -0.1) is 0 Å². The van der Waals surface area contributed by atoms with Crippen molar-refractivity contribution < 1.29 is 9.47 Å². The summed E-state index contributed by atoms with van der Waals surface area (Å²) in [6.07, 6.45) is 1.72. The topological polar surface area (TPSA) is 31.4 Å². The summed E-state index contributed by atoms with van der Waals surface area (Å²) < 4.78 is 10.1. The maximum absolute atomic E-state index is 5.10. The van der Waals surface area contributed by atoms with Gasteiger partial charge in [-0.25, -0.2) is 0 Å². The second-order valence-corrected chi connectivity index (χ2v) is 2.61. The fourth-order valence-electron chi connectivity index (χ4n) is 1.13. The molecule has 0 aromatic carbocycles. The highest BCUT2D eigenvalue weighted by Gasteiger charge is 2.07. The minimum Gasteiger partial charge on any atom is -0.481 e. The first-order chi connectivity index (χ1) is 6.22. The molecule has 0 aliphatic heterocycles. The third-order valence-corrected chi connectivity index (χ3v) is 1.81. The Balaban J connectivity index is 3.28. The summed E-state index contributed by atoms with van der Waals surface area (Å²) in [5.41, 5.74) is 1.95. The number of aromatic nitrogens is 1. The Hall–Kier alpha value is -1.51. The van der Waals surface area contributed by atoms with E-state index in [0.29, 0.717) is 11.8 Å². The van der Waals surface area contributed by atoms with Gasteiger partial charge in [0.05, 0.1) is 14.2 Å². The molecule has 1 aromatic rings. The first kappa shape index (κ1) is 9.58. The first-order valence-corrected chi connectivity index (χ1v) is 3.95. The smallest absolute Gasteiger partial charge is 0.224 e. The van der Waals surface area contributed by atoms with E-state index in [1.807, 2.05) is 13.0 Å². The molecule has 1 rings (SSSR count). The SMILES string of the molecule is C=Cc1c(C)cc(OC)nc1OC. The van der Waals surface area contributed by atoms with E-state index in [2.05, 4.69) is 11.6 Å². The molecule has 0 saturated carbocycles. The zero-order chi connectivity index (χ0) is 9.84. The lowest BCUT2D eigenvalue weighted by Crippen LogP contribution is -1.96. The monoisotopic (exact) mass is 179 g/mol. The van der Waals surface area contributed by atoms with E-state index in [4.69, 9.17) is 9.47 Å². The highest BCUT2D eigenvalue weighted by atomic mass is 16.5. The van der Waals surface area contributed by atoms with Gasteiger partial charge in [0.1, 0.15) is 0 Å². The van der Waals surface area contributed by atoms with Crippen molar-refractivity contribution in [2.24, 2.45) is 0 Å². The Morgan fingerprint density at radius 2 is 2.08 bits per heavy atom. The van der Waals surface area contributed by atoms with Gasteiger partial charge in [-0.3, -0.25) is 0 Å². The van der Waals surface area contributed by atoms with E-state index in [-0.39, 0.29) is 0 Å². The predicted molar refractivity (Wildman–Crippen MR) is 52.2 cm³/mol. The number of rotatable bonds is 3. The second kappa shape index (κ2) is 3.94. The van der Waals surface area contributed by atoms with Crippen LogP contribution in [0.25, 0.3) is 6.08 Å². The van der Waals surface area contributed by atoms with E-state index in [0.717, 1.165) is 11.1 Å². The number of hydrogen-bond donors (Lipinski definition) is 0. The highest BCUT2D eigenvalue weighted by Crippen LogP contribution is 2.24. The quantitative estimate of drug-likeness (QED) is 0.711. The number of ether oxygens (including phenoxy) is 2. The Labute approximate surface area is 78.0 Å². The molecule has 0 bridgehead atoms. The largest absolute Gasteiger partial charge is 0.481 e. The molecule has 13 heavy (non-hydrogen) atoms. The molecule has 70 valence electrons. The minimum absolute atomic E-state index is 0.548. The number of aryl methyl sites for hydroxylation is 1. The van der Waals surface area contributed by atoms with E-state index < -0.39 is 0 Å². The van der Waals surface area contributed by atoms with Gasteiger partial charge in [-0.2, -0.15) is 4.98 Å². The van der Waals surface area contributed by atoms with Crippen molar-refractivity contribution >= 4 is 6.08 Å². The molecule has 0 amide bonds. The predicted octanol–water partition coefficient (Wildman–Crippen LogP) is 2.05. The number of methoxy groups -OCH3 is 2. The molecule has 0 unspecified atom stereocenters. The van der Waals surface area contributed by atoms with Crippen LogP contribution in [0.2, 0.25) is 0 Å². The van der Waals surface area contributed by atoms with Crippen molar-refractivity contribution in [2.75, 3.05) is 14.2 Å². The summed E-state index contributed by atoms with van der Waals surface area (Å²) in [4.78, 5) is 4.13. The van der Waals surface area contributed by atoms with Gasteiger partial charge >= 0.3 is 0 Å². The molecule has 0 atom stereocenters. The van der Waals surface area contributed by atoms with Crippen LogP contribution in [-0.2, 0) is 0 Å². The van der Waals surface area contributed by atoms with Gasteiger partial charge < -0.3 is 9.47 Å². The lowest BCUT2D eigenvalue weighted by Gasteiger charge is -2.08. The van der Waals surface area contributed by atoms with Crippen LogP contribution in [0.15, 0.2) is 12.6 Å². The lowest BCUT2D eigenvalue weighted by atomic mass is 10.1. The van der Waals surface area contributed by atoms with Gasteiger partial charge in [-0.1, -0.05) is 12.7 Å². The maximum atomic E-state index is 5.10. The normalized spacial score (nSPS) is 9.46. The fourth-order valence-corrected chi connectivity index (χ4v) is 1.13. The summed E-state index contributed by atoms with van der Waals surface area (Å²) in [6, 6.07) is 1.85. The number of nitrogens with zero attached hydrogens (tertiary/aromatic N) is 1. The average molecular weight is 179 g/mol. The van der Waals surface area contributed by atoms with Crippen molar-refractivity contribution in [2.45, 2.75) is 6.92 Å². The van der Waals surface area contributed by atoms with Gasteiger partial charge in [0, 0.05) is 11.6 Å². The van der Waals surface area contributed by atoms with Crippen molar-refractivity contribution in [3.8, 4) is 11.8 Å². The average Bonchev–Trinajstić information content (AvgIpc) is 2.16. The van der Waals surface area contributed by atoms with Crippen molar-refractivity contribution in [3.63, 3.8) is 0 Å². The lowest BCUT2D eigenvalue weighted by molar-refractivity contribution is 0.363. The minimum atomic E-state index is 0.548. The highest BCUT2D eigenvalue weighted by molar-refractivity contribution is 5.58. The van der Waals surface area contributed by atoms with Crippen LogP contribution in [0.3, 0.4) is 0 Å². The third-order valence-electron chi connectivity index (χ3n) is 1.81. The zero-order valence-electron chi connectivity index (χ0n) is 8.13. The summed E-state index contributed by atoms with van der Waals surface area (Å²) in [5, 5.41) is 0. The molecule has 1 aromatic heterocycles. The molecule has 0 spiro atoms. The summed E-state index contributed by atoms with van der Waals surface area (Å²) >= 11 is 0. The maximum Gasteiger partial charge on any atom is 0.224 e. The molecule has 0 radical (unpaired) electrons. The zero-order valence-corrected chi connectivity index (χ0v) is 8.13. The van der Waals surface area contributed by atoms with Crippen LogP contribution < -0.4 is 9.47 Å². The standard InChI is InChI=1S/C10H13NO2/c1-5-8-7(2)6-9(12-3)11-10(8)13-4/h5-6H,1H2,2-4H3. The van der Waals surface area contributed by atoms with Crippen LogP contribution >= 0.6 is 0 Å². The van der Waals surface area contributed by atoms with Gasteiger partial charge in [-0.05, 0) is 12.5 Å². The van der Waals surface area contributed by atoms with Crippen LogP contribution in [0.5, 0.6) is 11.8 Å². The van der Waals surface area contributed by atoms with Gasteiger partial charge in [0.15, 0.2) is 0 Å². The molecule has 3 nitrogen and oxygen atoms in total. The molecule has 0 N–H and O–H groups in total. The third kappa shape index (κ3) is 1.80. The van der Waals surface area contributed by atoms with Gasteiger partial charge in [0.25, 0.3) is 0 Å². The van der Waals surface area contributed by atoms with Crippen LogP contribution in [-0.4, -0.2) is 19.2 Å². The van der Waals surface area contributed by atoms with E-state index in [1.54, 1.807) is 20.3 Å². The van der Waals surface area contributed by atoms with Crippen LogP contribution in [0, 0.1) is 6.92 Å². The van der Waals surface area contributed by atoms with Crippen molar-refractivity contribution in [1.82, 2.24) is 4.98 Å². The molecule has 0 fully saturated rings. The Bertz CT molecular complexity index is 321. The molecule has 0 aliphatic rings. The molecule has 3 heteroatoms. The fraction of sp³-hybridized carbons (Fsp3) is 0.300. The first-order valence-electron chi connectivity index (χ1n) is 3.95. The molecular formula is C10H13NO2. The van der Waals surface area contributed by atoms with Crippen molar-refractivity contribution in [3.05, 3.63) is 23.8 Å². The molecule has 1 heterocycles. The van der Waals surface area contributed by atoms with E-state index in [1.165, 1.54) is 0 Å². The molecular weight excluding hydrogens is 166 g/mol. The van der Waals surface area contributed by atoms with E-state index in [9.17, 15) is 0 Å². The van der Waals surface area contributed by atoms with Crippen LogP contribution in [0.1, 0.15) is 11.1 Å². The molecule has 0 aliphatic carbocycles. The van der Waals surface area contributed by atoms with Crippen molar-refractivity contribution in [1.29, 1.82) is 0 Å².